The molecule has 2 amide bonds. The van der Waals surface area contributed by atoms with Crippen molar-refractivity contribution in [3.05, 3.63) is 59.7 Å². The molecule has 0 unspecified atom stereocenters. The van der Waals surface area contributed by atoms with Gasteiger partial charge in [-0.2, -0.15) is 0 Å². The van der Waals surface area contributed by atoms with Crippen LogP contribution in [0, 0.1) is 0 Å². The van der Waals surface area contributed by atoms with Crippen LogP contribution in [-0.2, 0) is 14.3 Å². The van der Waals surface area contributed by atoms with Crippen molar-refractivity contribution in [1.29, 1.82) is 0 Å². The SMILES string of the molecule is O=C(NC1CCN(CC(=O)N2CSC[C@H]2C(=O)O)CC1)OCC1c2ccccc2-c2ccccc21. The molecule has 0 bridgehead atoms. The maximum Gasteiger partial charge on any atom is 0.407 e. The fourth-order valence-corrected chi connectivity index (χ4v) is 6.39. The van der Waals surface area contributed by atoms with Crippen LogP contribution in [0.15, 0.2) is 48.5 Å². The molecule has 5 rings (SSSR count). The molecular formula is C26H29N3O5S. The highest BCUT2D eigenvalue weighted by Gasteiger charge is 2.35. The number of nitrogens with one attached hydrogen (secondary N) is 1. The average Bonchev–Trinajstić information content (AvgIpc) is 3.48. The maximum absolute atomic E-state index is 12.6. The minimum absolute atomic E-state index is 0.00823. The summed E-state index contributed by atoms with van der Waals surface area (Å²) in [6, 6.07) is 15.7. The summed E-state index contributed by atoms with van der Waals surface area (Å²) in [5.41, 5.74) is 4.75. The molecule has 2 heterocycles. The highest BCUT2D eigenvalue weighted by molar-refractivity contribution is 7.99. The van der Waals surface area contributed by atoms with Crippen LogP contribution in [0.5, 0.6) is 0 Å². The highest BCUT2D eigenvalue weighted by Crippen LogP contribution is 2.44. The smallest absolute Gasteiger partial charge is 0.407 e. The Bertz CT molecular complexity index is 1070. The molecule has 0 spiro atoms. The fourth-order valence-electron chi connectivity index (χ4n) is 5.22. The first-order chi connectivity index (χ1) is 17.0. The summed E-state index contributed by atoms with van der Waals surface area (Å²) in [5.74, 6) is -0.206. The van der Waals surface area contributed by atoms with Crippen LogP contribution < -0.4 is 5.32 Å². The van der Waals surface area contributed by atoms with E-state index >= 15 is 0 Å². The largest absolute Gasteiger partial charge is 0.480 e. The molecule has 2 N–H and O–H groups in total. The van der Waals surface area contributed by atoms with E-state index in [1.54, 1.807) is 0 Å². The molecule has 9 heteroatoms. The number of likely N-dealkylation sites (tertiary alicyclic amines) is 1. The van der Waals surface area contributed by atoms with Gasteiger partial charge >= 0.3 is 12.1 Å². The summed E-state index contributed by atoms with van der Waals surface area (Å²) in [6.07, 6.45) is 1.02. The molecule has 184 valence electrons. The predicted octanol–water partition coefficient (Wildman–Crippen LogP) is 2.98. The molecule has 35 heavy (non-hydrogen) atoms. The summed E-state index contributed by atoms with van der Waals surface area (Å²) in [4.78, 5) is 40.0. The predicted molar refractivity (Wildman–Crippen MR) is 133 cm³/mol. The standard InChI is InChI=1S/C26H29N3O5S/c30-24(29-16-35-15-23(29)25(31)32)13-28-11-9-17(10-12-28)27-26(33)34-14-22-20-7-3-1-5-18(20)19-6-2-4-8-21(19)22/h1-8,17,22-23H,9-16H2,(H,27,33)(H,31,32)/t23-/m0/s1. The molecule has 3 aliphatic rings. The van der Waals surface area contributed by atoms with Gasteiger partial charge in [0.15, 0.2) is 0 Å². The number of carbonyl (C=O) groups excluding carboxylic acids is 2. The van der Waals surface area contributed by atoms with Gasteiger partial charge in [0.2, 0.25) is 5.91 Å². The minimum atomic E-state index is -0.950. The van der Waals surface area contributed by atoms with E-state index in [4.69, 9.17) is 4.74 Å². The molecule has 2 fully saturated rings. The number of piperidine rings is 1. The lowest BCUT2D eigenvalue weighted by Crippen LogP contribution is -2.50. The number of rotatable bonds is 6. The summed E-state index contributed by atoms with van der Waals surface area (Å²) >= 11 is 1.47. The van der Waals surface area contributed by atoms with Crippen molar-refractivity contribution >= 4 is 29.7 Å². The van der Waals surface area contributed by atoms with E-state index in [1.165, 1.54) is 38.9 Å². The van der Waals surface area contributed by atoms with Crippen LogP contribution in [0.4, 0.5) is 4.79 Å². The van der Waals surface area contributed by atoms with Crippen molar-refractivity contribution in [1.82, 2.24) is 15.1 Å². The average molecular weight is 496 g/mol. The number of nitrogens with zero attached hydrogens (tertiary/aromatic N) is 2. The van der Waals surface area contributed by atoms with E-state index < -0.39 is 18.1 Å². The van der Waals surface area contributed by atoms with Crippen molar-refractivity contribution in [2.24, 2.45) is 0 Å². The third-order valence-electron chi connectivity index (χ3n) is 7.10. The molecular weight excluding hydrogens is 466 g/mol. The normalized spacial score (nSPS) is 20.3. The lowest BCUT2D eigenvalue weighted by atomic mass is 9.98. The first-order valence-electron chi connectivity index (χ1n) is 11.9. The van der Waals surface area contributed by atoms with Gasteiger partial charge < -0.3 is 20.1 Å². The Hall–Kier alpha value is -3.04. The van der Waals surface area contributed by atoms with Crippen LogP contribution >= 0.6 is 11.8 Å². The van der Waals surface area contributed by atoms with E-state index in [-0.39, 0.29) is 31.0 Å². The van der Waals surface area contributed by atoms with Crippen LogP contribution in [-0.4, -0.2) is 82.8 Å². The number of alkyl carbamates (subject to hydrolysis) is 1. The third kappa shape index (κ3) is 5.01. The number of carbonyl (C=O) groups is 3. The second-order valence-electron chi connectivity index (χ2n) is 9.24. The van der Waals surface area contributed by atoms with Gasteiger partial charge in [-0.05, 0) is 35.1 Å². The Labute approximate surface area is 208 Å². The Morgan fingerprint density at radius 1 is 1.00 bits per heavy atom. The number of hydrogen-bond donors (Lipinski definition) is 2. The van der Waals surface area contributed by atoms with Gasteiger partial charge in [-0.1, -0.05) is 48.5 Å². The number of ether oxygens (including phenoxy) is 1. The zero-order chi connectivity index (χ0) is 24.4. The zero-order valence-corrected chi connectivity index (χ0v) is 20.2. The molecule has 0 aromatic heterocycles. The Morgan fingerprint density at radius 3 is 2.26 bits per heavy atom. The number of fused-ring (bicyclic) bond motifs is 3. The molecule has 8 nitrogen and oxygen atoms in total. The molecule has 0 saturated carbocycles. The molecule has 0 radical (unpaired) electrons. The van der Waals surface area contributed by atoms with Crippen LogP contribution in [0.2, 0.25) is 0 Å². The number of amides is 2. The number of aliphatic carboxylic acids is 1. The quantitative estimate of drug-likeness (QED) is 0.636. The number of hydrogen-bond acceptors (Lipinski definition) is 6. The van der Waals surface area contributed by atoms with Crippen molar-refractivity contribution in [3.8, 4) is 11.1 Å². The zero-order valence-electron chi connectivity index (χ0n) is 19.4. The van der Waals surface area contributed by atoms with Gasteiger partial charge in [-0.3, -0.25) is 9.69 Å². The first kappa shape index (κ1) is 23.7. The van der Waals surface area contributed by atoms with E-state index in [1.807, 2.05) is 29.2 Å². The van der Waals surface area contributed by atoms with Gasteiger partial charge in [0, 0.05) is 30.8 Å². The first-order valence-corrected chi connectivity index (χ1v) is 13.1. The van der Waals surface area contributed by atoms with Crippen molar-refractivity contribution < 1.29 is 24.2 Å². The molecule has 2 aromatic rings. The van der Waals surface area contributed by atoms with Gasteiger partial charge in [-0.15, -0.1) is 11.8 Å². The van der Waals surface area contributed by atoms with Crippen LogP contribution in [0.1, 0.15) is 29.9 Å². The van der Waals surface area contributed by atoms with E-state index in [0.717, 1.165) is 0 Å². The van der Waals surface area contributed by atoms with Crippen LogP contribution in [0.25, 0.3) is 11.1 Å². The van der Waals surface area contributed by atoms with Crippen molar-refractivity contribution in [3.63, 3.8) is 0 Å². The second kappa shape index (κ2) is 10.3. The molecule has 2 aromatic carbocycles. The van der Waals surface area contributed by atoms with Gasteiger partial charge in [0.25, 0.3) is 0 Å². The lowest BCUT2D eigenvalue weighted by molar-refractivity contribution is -0.148. The summed E-state index contributed by atoms with van der Waals surface area (Å²) in [7, 11) is 0. The summed E-state index contributed by atoms with van der Waals surface area (Å²) in [5, 5.41) is 12.3. The molecule has 2 aliphatic heterocycles. The number of carboxylic acid groups (broad SMARTS) is 1. The third-order valence-corrected chi connectivity index (χ3v) is 8.11. The minimum Gasteiger partial charge on any atom is -0.480 e. The number of thioether (sulfide) groups is 1. The summed E-state index contributed by atoms with van der Waals surface area (Å²) < 4.78 is 5.65. The van der Waals surface area contributed by atoms with E-state index in [0.29, 0.717) is 37.6 Å². The Kier molecular flexibility index (Phi) is 6.97. The van der Waals surface area contributed by atoms with Gasteiger partial charge in [-0.25, -0.2) is 9.59 Å². The molecule has 2 saturated heterocycles. The van der Waals surface area contributed by atoms with E-state index in [2.05, 4.69) is 29.6 Å². The summed E-state index contributed by atoms with van der Waals surface area (Å²) in [6.45, 7) is 1.82. The van der Waals surface area contributed by atoms with Crippen LogP contribution in [0.3, 0.4) is 0 Å². The van der Waals surface area contributed by atoms with Crippen molar-refractivity contribution in [2.45, 2.75) is 30.8 Å². The number of benzene rings is 2. The molecule has 1 aliphatic carbocycles. The van der Waals surface area contributed by atoms with Crippen molar-refractivity contribution in [2.75, 3.05) is 37.9 Å². The van der Waals surface area contributed by atoms with Gasteiger partial charge in [0.05, 0.1) is 12.4 Å². The fraction of sp³-hybridized carbons (Fsp3) is 0.423. The Morgan fingerprint density at radius 2 is 1.63 bits per heavy atom. The maximum atomic E-state index is 12.6. The highest BCUT2D eigenvalue weighted by atomic mass is 32.2. The molecule has 1 atom stereocenters. The van der Waals surface area contributed by atoms with Gasteiger partial charge in [0.1, 0.15) is 12.6 Å². The Balaban J connectivity index is 1.09. The topological polar surface area (TPSA) is 99.2 Å². The number of carboxylic acids is 1. The monoisotopic (exact) mass is 495 g/mol. The lowest BCUT2D eigenvalue weighted by Gasteiger charge is -2.33. The van der Waals surface area contributed by atoms with E-state index in [9.17, 15) is 19.5 Å². The second-order valence-corrected chi connectivity index (χ2v) is 10.2.